The van der Waals surface area contributed by atoms with Gasteiger partial charge in [-0.2, -0.15) is 0 Å². The SMILES string of the molecule is [Se]=CC[Se]1(CC=[Se])CCCCC1. The van der Waals surface area contributed by atoms with Crippen LogP contribution in [-0.2, 0) is 0 Å². The summed E-state index contributed by atoms with van der Waals surface area (Å²) in [5.74, 6) is 0. The van der Waals surface area contributed by atoms with Crippen molar-refractivity contribution < 1.29 is 0 Å². The van der Waals surface area contributed by atoms with E-state index in [0.29, 0.717) is 0 Å². The summed E-state index contributed by atoms with van der Waals surface area (Å²) in [4.78, 5) is 4.57. The van der Waals surface area contributed by atoms with E-state index in [4.69, 9.17) is 0 Å². The standard InChI is InChI=1S/C9H16Se3/c10-4-8-12(9-5-11)6-2-1-3-7-12/h4-5H,1-3,6-9H2. The van der Waals surface area contributed by atoms with Crippen molar-refractivity contribution in [2.45, 2.75) is 40.5 Å². The van der Waals surface area contributed by atoms with Gasteiger partial charge in [0.05, 0.1) is 0 Å². The van der Waals surface area contributed by atoms with Crippen molar-refractivity contribution >= 4 is 53.8 Å². The zero-order valence-corrected chi connectivity index (χ0v) is 12.5. The Bertz CT molecular complexity index is 147. The van der Waals surface area contributed by atoms with Crippen LogP contribution in [0.4, 0.5) is 0 Å². The number of rotatable bonds is 4. The van der Waals surface area contributed by atoms with Crippen molar-refractivity contribution in [3.63, 3.8) is 0 Å². The van der Waals surface area contributed by atoms with Crippen LogP contribution in [0.5, 0.6) is 0 Å². The zero-order valence-electron chi connectivity index (χ0n) is 7.33. The molecule has 0 N–H and O–H groups in total. The molecule has 0 nitrogen and oxygen atoms in total. The molecule has 0 spiro atoms. The molecule has 0 radical (unpaired) electrons. The van der Waals surface area contributed by atoms with E-state index in [2.05, 4.69) is 41.0 Å². The monoisotopic (exact) mass is 364 g/mol. The van der Waals surface area contributed by atoms with Crippen LogP contribution in [0.2, 0.25) is 21.3 Å². The first-order valence-corrected chi connectivity index (χ1v) is 11.3. The number of hydrogen-bond donors (Lipinski definition) is 0. The van der Waals surface area contributed by atoms with Gasteiger partial charge in [-0.05, 0) is 0 Å². The van der Waals surface area contributed by atoms with Crippen LogP contribution in [0.25, 0.3) is 0 Å². The van der Waals surface area contributed by atoms with Gasteiger partial charge >= 0.3 is 94.4 Å². The minimum absolute atomic E-state index is 1.04. The van der Waals surface area contributed by atoms with Gasteiger partial charge in [-0.1, -0.05) is 0 Å². The third kappa shape index (κ3) is 3.22. The summed E-state index contributed by atoms with van der Waals surface area (Å²) < 4.78 is 0. The zero-order chi connectivity index (χ0) is 8.86. The van der Waals surface area contributed by atoms with E-state index in [1.54, 1.807) is 10.6 Å². The molecular formula is C9H16Se3. The van der Waals surface area contributed by atoms with Gasteiger partial charge < -0.3 is 0 Å². The third-order valence-electron chi connectivity index (χ3n) is 2.50. The Kier molecular flexibility index (Phi) is 5.60. The first kappa shape index (κ1) is 11.4. The first-order valence-electron chi connectivity index (χ1n) is 4.44. The summed E-state index contributed by atoms with van der Waals surface area (Å²) in [6.07, 6.45) is 4.49. The predicted molar refractivity (Wildman–Crippen MR) is 62.5 cm³/mol. The Morgan fingerprint density at radius 2 is 1.42 bits per heavy atom. The third-order valence-corrected chi connectivity index (χ3v) is 13.8. The van der Waals surface area contributed by atoms with Crippen molar-refractivity contribution in [3.8, 4) is 0 Å². The molecule has 1 saturated heterocycles. The Morgan fingerprint density at radius 3 is 1.83 bits per heavy atom. The fourth-order valence-corrected chi connectivity index (χ4v) is 14.8. The van der Waals surface area contributed by atoms with Crippen LogP contribution in [0, 0.1) is 0 Å². The molecule has 1 aliphatic heterocycles. The van der Waals surface area contributed by atoms with Crippen LogP contribution >= 0.6 is 0 Å². The van der Waals surface area contributed by atoms with Gasteiger partial charge in [0.1, 0.15) is 0 Å². The van der Waals surface area contributed by atoms with Gasteiger partial charge in [-0.15, -0.1) is 0 Å². The van der Waals surface area contributed by atoms with Gasteiger partial charge in [0.15, 0.2) is 0 Å². The van der Waals surface area contributed by atoms with Crippen LogP contribution in [-0.4, -0.2) is 53.8 Å². The minimum atomic E-state index is -1.04. The molecule has 0 saturated carbocycles. The second kappa shape index (κ2) is 5.91. The van der Waals surface area contributed by atoms with Crippen LogP contribution in [0.15, 0.2) is 0 Å². The van der Waals surface area contributed by atoms with E-state index in [0.717, 1.165) is 0 Å². The number of hydrogen-bond acceptors (Lipinski definition) is 0. The molecule has 0 bridgehead atoms. The average Bonchev–Trinajstić information content (AvgIpc) is 2.07. The Morgan fingerprint density at radius 1 is 0.917 bits per heavy atom. The van der Waals surface area contributed by atoms with Crippen molar-refractivity contribution in [2.24, 2.45) is 0 Å². The maximum atomic E-state index is 3.06. The molecule has 0 aromatic rings. The van der Waals surface area contributed by atoms with Gasteiger partial charge in [0, 0.05) is 0 Å². The summed E-state index contributed by atoms with van der Waals surface area (Å²) in [6, 6.07) is 0. The molecule has 0 atom stereocenters. The van der Waals surface area contributed by atoms with Gasteiger partial charge in [0.25, 0.3) is 0 Å². The topological polar surface area (TPSA) is 0 Å². The van der Waals surface area contributed by atoms with E-state index >= 15 is 0 Å². The van der Waals surface area contributed by atoms with E-state index in [9.17, 15) is 0 Å². The normalized spacial score (nSPS) is 24.3. The van der Waals surface area contributed by atoms with Crippen molar-refractivity contribution in [1.29, 1.82) is 0 Å². The average molecular weight is 361 g/mol. The molecule has 0 unspecified atom stereocenters. The Balaban J connectivity index is 2.55. The van der Waals surface area contributed by atoms with E-state index in [-0.39, 0.29) is 0 Å². The van der Waals surface area contributed by atoms with Gasteiger partial charge in [-0.3, -0.25) is 0 Å². The van der Waals surface area contributed by atoms with E-state index in [1.807, 2.05) is 0 Å². The molecule has 3 heteroatoms. The second-order valence-corrected chi connectivity index (χ2v) is 13.0. The molecule has 0 aromatic carbocycles. The van der Waals surface area contributed by atoms with Crippen LogP contribution in [0.3, 0.4) is 0 Å². The summed E-state index contributed by atoms with van der Waals surface area (Å²) >= 11 is 5.09. The summed E-state index contributed by atoms with van der Waals surface area (Å²) in [7, 11) is 0. The molecule has 70 valence electrons. The molecule has 0 amide bonds. The second-order valence-electron chi connectivity index (χ2n) is 3.36. The van der Waals surface area contributed by atoms with Crippen molar-refractivity contribution in [2.75, 3.05) is 0 Å². The van der Waals surface area contributed by atoms with Crippen LogP contribution in [0.1, 0.15) is 19.3 Å². The van der Waals surface area contributed by atoms with Crippen LogP contribution < -0.4 is 0 Å². The molecule has 1 fully saturated rings. The Labute approximate surface area is 93.8 Å². The van der Waals surface area contributed by atoms with Gasteiger partial charge in [0.2, 0.25) is 0 Å². The molecule has 1 aliphatic rings. The van der Waals surface area contributed by atoms with Crippen molar-refractivity contribution in [1.82, 2.24) is 0 Å². The molecule has 1 rings (SSSR count). The molecule has 12 heavy (non-hydrogen) atoms. The maximum absolute atomic E-state index is 3.06. The fraction of sp³-hybridized carbons (Fsp3) is 0.778. The summed E-state index contributed by atoms with van der Waals surface area (Å²) in [5.41, 5.74) is 0. The van der Waals surface area contributed by atoms with E-state index in [1.165, 1.54) is 29.9 Å². The molecule has 0 aliphatic carbocycles. The predicted octanol–water partition coefficient (Wildman–Crippen LogP) is 1.56. The summed E-state index contributed by atoms with van der Waals surface area (Å²) in [6.45, 7) is 0. The van der Waals surface area contributed by atoms with E-state index < -0.39 is 12.8 Å². The molecule has 0 aromatic heterocycles. The quantitative estimate of drug-likeness (QED) is 0.667. The fourth-order valence-electron chi connectivity index (χ4n) is 1.79. The first-order chi connectivity index (χ1) is 5.83. The van der Waals surface area contributed by atoms with Crippen molar-refractivity contribution in [3.05, 3.63) is 0 Å². The van der Waals surface area contributed by atoms with Gasteiger partial charge in [-0.25, -0.2) is 0 Å². The molecule has 1 heterocycles. The summed E-state index contributed by atoms with van der Waals surface area (Å²) in [5, 5.41) is 5.98. The Hall–Kier alpha value is 1.30. The molecular weight excluding hydrogens is 345 g/mol.